The third-order valence-electron chi connectivity index (χ3n) is 12.8. The van der Waals surface area contributed by atoms with Gasteiger partial charge in [0.2, 0.25) is 0 Å². The van der Waals surface area contributed by atoms with Crippen LogP contribution >= 0.6 is 46.4 Å². The lowest BCUT2D eigenvalue weighted by Crippen LogP contribution is -2.50. The number of rotatable bonds is 25. The van der Waals surface area contributed by atoms with E-state index in [0.717, 1.165) is 82.1 Å². The highest BCUT2D eigenvalue weighted by molar-refractivity contribution is 6.35. The molecule has 2 amide bonds. The first-order chi connectivity index (χ1) is 35.8. The normalized spacial score (nSPS) is 16.6. The van der Waals surface area contributed by atoms with E-state index >= 15 is 0 Å². The van der Waals surface area contributed by atoms with Crippen molar-refractivity contribution in [3.05, 3.63) is 139 Å². The molecular weight excluding hydrogens is 1030 g/mol. The van der Waals surface area contributed by atoms with Crippen LogP contribution in [0.15, 0.2) is 85.2 Å². The van der Waals surface area contributed by atoms with Crippen molar-refractivity contribution in [3.63, 3.8) is 0 Å². The summed E-state index contributed by atoms with van der Waals surface area (Å²) < 4.78 is 25.9. The average molecular weight is 1090 g/mol. The topological polar surface area (TPSA) is 203 Å². The summed E-state index contributed by atoms with van der Waals surface area (Å²) >= 11 is 26.0. The molecule has 0 saturated heterocycles. The third-order valence-corrected chi connectivity index (χ3v) is 13.9. The molecule has 4 heterocycles. The molecule has 4 atom stereocenters. The predicted molar refractivity (Wildman–Crippen MR) is 282 cm³/mol. The molecule has 18 nitrogen and oxygen atoms in total. The number of ether oxygens (including phenoxy) is 4. The van der Waals surface area contributed by atoms with Crippen LogP contribution in [0, 0.1) is 0 Å². The summed E-state index contributed by atoms with van der Waals surface area (Å²) in [5, 5.41) is 45.3. The zero-order valence-electron chi connectivity index (χ0n) is 41.1. The number of nitrogens with zero attached hydrogens (tertiary/aromatic N) is 8. The molecule has 2 aromatic heterocycles. The smallest absolute Gasteiger partial charge is 0.252 e. The Balaban J connectivity index is 0.638. The van der Waals surface area contributed by atoms with Gasteiger partial charge in [0.05, 0.1) is 78.3 Å². The van der Waals surface area contributed by atoms with Crippen molar-refractivity contribution in [2.45, 2.75) is 50.2 Å². The highest BCUT2D eigenvalue weighted by atomic mass is 35.5. The highest BCUT2D eigenvalue weighted by Crippen LogP contribution is 2.41. The molecule has 2 aliphatic heterocycles. The molecule has 0 unspecified atom stereocenters. The van der Waals surface area contributed by atoms with Gasteiger partial charge < -0.3 is 49.6 Å². The fraction of sp³-hybridized carbons (Fsp3) is 0.423. The lowest BCUT2D eigenvalue weighted by atomic mass is 9.84. The monoisotopic (exact) mass is 1090 g/mol. The van der Waals surface area contributed by atoms with Crippen molar-refractivity contribution < 1.29 is 38.7 Å². The van der Waals surface area contributed by atoms with Crippen LogP contribution in [0.25, 0.3) is 22.5 Å². The molecule has 8 rings (SSSR count). The molecule has 22 heteroatoms. The van der Waals surface area contributed by atoms with Crippen LogP contribution in [0.4, 0.5) is 0 Å². The Bertz CT molecular complexity index is 2660. The van der Waals surface area contributed by atoms with Crippen LogP contribution in [0.2, 0.25) is 20.1 Å². The van der Waals surface area contributed by atoms with E-state index < -0.39 is 24.0 Å². The van der Waals surface area contributed by atoms with Crippen molar-refractivity contribution in [2.75, 3.05) is 93.1 Å². The van der Waals surface area contributed by atoms with E-state index in [4.69, 9.17) is 65.4 Å². The van der Waals surface area contributed by atoms with Gasteiger partial charge in [-0.2, -0.15) is 0 Å². The van der Waals surface area contributed by atoms with Gasteiger partial charge in [-0.05, 0) is 83.9 Å². The van der Waals surface area contributed by atoms with Crippen LogP contribution in [-0.2, 0) is 54.7 Å². The van der Waals surface area contributed by atoms with E-state index in [1.165, 1.54) is 0 Å². The molecular formula is C52H60Cl4N10O8. The average Bonchev–Trinajstić information content (AvgIpc) is 4.08. The summed E-state index contributed by atoms with van der Waals surface area (Å²) in [6.45, 7) is 6.35. The minimum absolute atomic E-state index is 0.0466. The number of hydrogen-bond donors (Lipinski definition) is 4. The van der Waals surface area contributed by atoms with E-state index in [9.17, 15) is 19.8 Å². The largest absolute Gasteiger partial charge is 0.380 e. The zero-order chi connectivity index (χ0) is 52.1. The van der Waals surface area contributed by atoms with Gasteiger partial charge in [0.25, 0.3) is 11.8 Å². The molecule has 0 fully saturated rings. The second kappa shape index (κ2) is 26.6. The first kappa shape index (κ1) is 55.2. The van der Waals surface area contributed by atoms with Crippen LogP contribution in [0.3, 0.4) is 0 Å². The molecule has 0 saturated carbocycles. The predicted octanol–water partition coefficient (Wildman–Crippen LogP) is 5.69. The van der Waals surface area contributed by atoms with Gasteiger partial charge in [-0.1, -0.05) is 93.2 Å². The molecule has 2 aliphatic rings. The van der Waals surface area contributed by atoms with Gasteiger partial charge in [-0.3, -0.25) is 9.59 Å². The fourth-order valence-electron chi connectivity index (χ4n) is 9.12. The van der Waals surface area contributed by atoms with Crippen molar-refractivity contribution in [2.24, 2.45) is 0 Å². The number of aromatic nitrogens is 6. The lowest BCUT2D eigenvalue weighted by Gasteiger charge is -2.33. The minimum atomic E-state index is -1.97. The molecule has 394 valence electrons. The number of hydrogen-bond acceptors (Lipinski definition) is 14. The number of fused-ring (bicyclic) bond motifs is 2. The molecule has 74 heavy (non-hydrogen) atoms. The van der Waals surface area contributed by atoms with Gasteiger partial charge in [0.1, 0.15) is 11.4 Å². The SMILES string of the molecule is CN1Cc2c(Cl)cc(Cl)cc2[C@H](c2cccc(-c3cn(CCOCCOCCNC(=O)[C@H](O)[C@@H](O)C(=O)NCCOCCOCCn4cc(-c5cccc([C@@H]6CN(C)Cc7c(Cl)cc(Cl)cc76)c5)nn4)nn3)c2)C1. The van der Waals surface area contributed by atoms with Crippen LogP contribution in [0.1, 0.15) is 45.2 Å². The Hall–Kier alpha value is -5.06. The second-order valence-corrected chi connectivity index (χ2v) is 20.0. The lowest BCUT2D eigenvalue weighted by molar-refractivity contribution is -0.146. The summed E-state index contributed by atoms with van der Waals surface area (Å²) in [5.74, 6) is -1.62. The third kappa shape index (κ3) is 14.7. The van der Waals surface area contributed by atoms with Gasteiger partial charge in [0.15, 0.2) is 12.2 Å². The highest BCUT2D eigenvalue weighted by Gasteiger charge is 2.31. The standard InChI is InChI=1S/C52H60Cl4N10O8/c1-63-27-41(39-23-37(53)25-45(55)43(39)29-63)33-5-3-7-35(21-33)47-31-65(61-59-47)11-15-73-19-17-71-13-9-57-51(69)49(67)50(68)52(70)58-10-14-72-18-20-74-16-12-66-32-48(60-62-66)36-8-4-6-34(22-36)42-28-64(2)30-44-40(42)24-38(54)26-46(44)56/h3-8,21-26,31-32,41-42,49-50,67-68H,9-20,27-30H2,1-2H3,(H,57,69)(H,58,70)/t41-,42-,49+,50+/m0/s1. The van der Waals surface area contributed by atoms with E-state index in [2.05, 4.69) is 79.4 Å². The minimum Gasteiger partial charge on any atom is -0.380 e. The number of halogens is 4. The number of nitrogens with one attached hydrogen (secondary N) is 2. The summed E-state index contributed by atoms with van der Waals surface area (Å²) in [7, 11) is 4.17. The number of aliphatic hydroxyl groups is 2. The summed E-state index contributed by atoms with van der Waals surface area (Å²) in [6.07, 6.45) is -0.191. The number of aliphatic hydroxyl groups excluding tert-OH is 2. The van der Waals surface area contributed by atoms with Gasteiger partial charge in [-0.25, -0.2) is 9.36 Å². The van der Waals surface area contributed by atoms with Crippen molar-refractivity contribution >= 4 is 58.2 Å². The van der Waals surface area contributed by atoms with Crippen molar-refractivity contribution in [3.8, 4) is 22.5 Å². The van der Waals surface area contributed by atoms with E-state index in [1.807, 2.05) is 48.8 Å². The number of amides is 2. The van der Waals surface area contributed by atoms with Crippen molar-refractivity contribution in [1.82, 2.24) is 50.4 Å². The molecule has 0 spiro atoms. The quantitative estimate of drug-likeness (QED) is 0.0509. The Kier molecular flexibility index (Phi) is 19.9. The Morgan fingerprint density at radius 3 is 1.42 bits per heavy atom. The molecule has 4 N–H and O–H groups in total. The maximum Gasteiger partial charge on any atom is 0.252 e. The molecule has 0 aliphatic carbocycles. The van der Waals surface area contributed by atoms with E-state index in [0.29, 0.717) is 59.6 Å². The number of likely N-dealkylation sites (N-methyl/N-ethyl adjacent to an activating group) is 2. The number of carbonyl (C=O) groups excluding carboxylic acids is 2. The fourth-order valence-corrected chi connectivity index (χ4v) is 10.3. The summed E-state index contributed by atoms with van der Waals surface area (Å²) in [6, 6.07) is 24.2. The van der Waals surface area contributed by atoms with Gasteiger partial charge in [0, 0.05) is 82.3 Å². The second-order valence-electron chi connectivity index (χ2n) is 18.3. The van der Waals surface area contributed by atoms with E-state index in [-0.39, 0.29) is 51.4 Å². The molecule has 6 aromatic rings. The summed E-state index contributed by atoms with van der Waals surface area (Å²) in [5.41, 5.74) is 10.1. The first-order valence-electron chi connectivity index (χ1n) is 24.4. The maximum atomic E-state index is 12.4. The Morgan fingerprint density at radius 2 is 1.00 bits per heavy atom. The van der Waals surface area contributed by atoms with Gasteiger partial charge in [-0.15, -0.1) is 10.2 Å². The maximum absolute atomic E-state index is 12.4. The Morgan fingerprint density at radius 1 is 0.595 bits per heavy atom. The Labute approximate surface area is 449 Å². The van der Waals surface area contributed by atoms with Crippen LogP contribution in [-0.4, -0.2) is 167 Å². The number of carbonyl (C=O) groups is 2. The molecule has 0 radical (unpaired) electrons. The van der Waals surface area contributed by atoms with Crippen LogP contribution in [0.5, 0.6) is 0 Å². The van der Waals surface area contributed by atoms with E-state index in [1.54, 1.807) is 21.5 Å². The van der Waals surface area contributed by atoms with Gasteiger partial charge >= 0.3 is 0 Å². The van der Waals surface area contributed by atoms with Crippen LogP contribution < -0.4 is 10.6 Å². The molecule has 4 aromatic carbocycles. The first-order valence-corrected chi connectivity index (χ1v) is 25.9. The summed E-state index contributed by atoms with van der Waals surface area (Å²) in [4.78, 5) is 29.3. The van der Waals surface area contributed by atoms with Crippen molar-refractivity contribution in [1.29, 1.82) is 0 Å². The number of benzene rings is 4. The molecule has 0 bridgehead atoms. The zero-order valence-corrected chi connectivity index (χ0v) is 44.2.